The number of esters is 1. The van der Waals surface area contributed by atoms with Gasteiger partial charge in [-0.25, -0.2) is 4.52 Å². The third-order valence-electron chi connectivity index (χ3n) is 3.44. The van der Waals surface area contributed by atoms with Crippen LogP contribution in [0.15, 0.2) is 46.1 Å². The van der Waals surface area contributed by atoms with Crippen LogP contribution in [0.3, 0.4) is 0 Å². The van der Waals surface area contributed by atoms with Crippen molar-refractivity contribution in [2.75, 3.05) is 6.61 Å². The predicted octanol–water partition coefficient (Wildman–Crippen LogP) is 3.14. The average Bonchev–Trinajstić information content (AvgIpc) is 2.88. The molecule has 0 spiro atoms. The Labute approximate surface area is 150 Å². The second kappa shape index (κ2) is 6.78. The molecule has 0 radical (unpaired) electrons. The van der Waals surface area contributed by atoms with E-state index >= 15 is 0 Å². The summed E-state index contributed by atoms with van der Waals surface area (Å²) in [7, 11) is 0. The SMILES string of the molecule is CCOC(=O)Cn1cnn2c(Br)cc(-c3cccc(Cl)c3)c2c1=O. The Balaban J connectivity index is 2.18. The molecular weight excluding hydrogens is 398 g/mol. The van der Waals surface area contributed by atoms with Crippen LogP contribution in [0.5, 0.6) is 0 Å². The number of ether oxygens (including phenoxy) is 1. The molecule has 0 saturated carbocycles. The molecule has 24 heavy (non-hydrogen) atoms. The van der Waals surface area contributed by atoms with Crippen molar-refractivity contribution in [2.24, 2.45) is 0 Å². The first-order valence-corrected chi connectivity index (χ1v) is 8.36. The van der Waals surface area contributed by atoms with Gasteiger partial charge in [0.05, 0.1) is 6.61 Å². The van der Waals surface area contributed by atoms with Gasteiger partial charge in [-0.3, -0.25) is 14.2 Å². The summed E-state index contributed by atoms with van der Waals surface area (Å²) in [6.45, 7) is 1.78. The fourth-order valence-electron chi connectivity index (χ4n) is 2.43. The van der Waals surface area contributed by atoms with E-state index in [0.29, 0.717) is 20.7 Å². The molecule has 124 valence electrons. The van der Waals surface area contributed by atoms with Crippen LogP contribution in [0, 0.1) is 0 Å². The summed E-state index contributed by atoms with van der Waals surface area (Å²) in [5, 5.41) is 4.78. The van der Waals surface area contributed by atoms with Crippen molar-refractivity contribution in [3.8, 4) is 11.1 Å². The van der Waals surface area contributed by atoms with Crippen molar-refractivity contribution in [2.45, 2.75) is 13.5 Å². The van der Waals surface area contributed by atoms with E-state index < -0.39 is 5.97 Å². The lowest BCUT2D eigenvalue weighted by Crippen LogP contribution is -2.27. The Morgan fingerprint density at radius 2 is 2.17 bits per heavy atom. The predicted molar refractivity (Wildman–Crippen MR) is 94.2 cm³/mol. The zero-order valence-electron chi connectivity index (χ0n) is 12.7. The van der Waals surface area contributed by atoms with Crippen LogP contribution in [0.4, 0.5) is 0 Å². The fourth-order valence-corrected chi connectivity index (χ4v) is 3.11. The van der Waals surface area contributed by atoms with E-state index in [4.69, 9.17) is 16.3 Å². The number of nitrogens with zero attached hydrogens (tertiary/aromatic N) is 3. The Morgan fingerprint density at radius 3 is 2.88 bits per heavy atom. The zero-order valence-corrected chi connectivity index (χ0v) is 15.0. The van der Waals surface area contributed by atoms with Gasteiger partial charge in [0.25, 0.3) is 5.56 Å². The van der Waals surface area contributed by atoms with E-state index in [1.165, 1.54) is 15.4 Å². The minimum absolute atomic E-state index is 0.187. The van der Waals surface area contributed by atoms with Crippen LogP contribution in [-0.2, 0) is 16.1 Å². The van der Waals surface area contributed by atoms with Crippen LogP contribution in [0.2, 0.25) is 5.02 Å². The molecule has 0 N–H and O–H groups in total. The molecule has 0 aliphatic rings. The minimum Gasteiger partial charge on any atom is -0.465 e. The summed E-state index contributed by atoms with van der Waals surface area (Å²) in [4.78, 5) is 24.5. The third kappa shape index (κ3) is 3.09. The summed E-state index contributed by atoms with van der Waals surface area (Å²) in [5.41, 5.74) is 1.49. The molecule has 0 unspecified atom stereocenters. The van der Waals surface area contributed by atoms with Gasteiger partial charge in [-0.15, -0.1) is 0 Å². The van der Waals surface area contributed by atoms with E-state index in [1.807, 2.05) is 12.1 Å². The highest BCUT2D eigenvalue weighted by atomic mass is 79.9. The average molecular weight is 411 g/mol. The second-order valence-corrected chi connectivity index (χ2v) is 6.27. The molecule has 2 aromatic heterocycles. The monoisotopic (exact) mass is 409 g/mol. The number of hydrogen-bond donors (Lipinski definition) is 0. The molecule has 3 aromatic rings. The quantitative estimate of drug-likeness (QED) is 0.620. The maximum Gasteiger partial charge on any atom is 0.326 e. The molecule has 1 aromatic carbocycles. The molecule has 0 fully saturated rings. The van der Waals surface area contributed by atoms with Gasteiger partial charge in [-0.1, -0.05) is 23.7 Å². The molecule has 2 heterocycles. The number of aromatic nitrogens is 3. The maximum atomic E-state index is 12.8. The smallest absolute Gasteiger partial charge is 0.326 e. The highest BCUT2D eigenvalue weighted by Gasteiger charge is 2.17. The summed E-state index contributed by atoms with van der Waals surface area (Å²) >= 11 is 9.44. The topological polar surface area (TPSA) is 65.6 Å². The Morgan fingerprint density at radius 1 is 1.38 bits per heavy atom. The Bertz CT molecular complexity index is 980. The Hall–Kier alpha value is -2.12. The molecule has 0 saturated heterocycles. The van der Waals surface area contributed by atoms with Crippen LogP contribution in [0.25, 0.3) is 16.6 Å². The van der Waals surface area contributed by atoms with E-state index in [9.17, 15) is 9.59 Å². The van der Waals surface area contributed by atoms with Crippen molar-refractivity contribution in [1.82, 2.24) is 14.2 Å². The lowest BCUT2D eigenvalue weighted by Gasteiger charge is -2.07. The number of carbonyl (C=O) groups is 1. The van der Waals surface area contributed by atoms with E-state index in [1.54, 1.807) is 25.1 Å². The van der Waals surface area contributed by atoms with Crippen molar-refractivity contribution in [1.29, 1.82) is 0 Å². The number of halogens is 2. The molecule has 0 aliphatic carbocycles. The second-order valence-electron chi connectivity index (χ2n) is 5.02. The lowest BCUT2D eigenvalue weighted by atomic mass is 10.1. The summed E-state index contributed by atoms with van der Waals surface area (Å²) in [6.07, 6.45) is 1.32. The molecule has 8 heteroatoms. The minimum atomic E-state index is -0.485. The van der Waals surface area contributed by atoms with E-state index in [0.717, 1.165) is 5.56 Å². The van der Waals surface area contributed by atoms with Gasteiger partial charge >= 0.3 is 5.97 Å². The normalized spacial score (nSPS) is 11.0. The molecule has 3 rings (SSSR count). The molecule has 0 bridgehead atoms. The molecule has 6 nitrogen and oxygen atoms in total. The first-order valence-electron chi connectivity index (χ1n) is 7.19. The first kappa shape index (κ1) is 16.7. The van der Waals surface area contributed by atoms with E-state index in [-0.39, 0.29) is 18.7 Å². The standard InChI is InChI=1S/C16H13BrClN3O3/c1-2-24-14(22)8-20-9-19-21-13(17)7-12(15(21)16(20)23)10-4-3-5-11(18)6-10/h3-7,9H,2,8H2,1H3. The van der Waals surface area contributed by atoms with Gasteiger partial charge in [-0.2, -0.15) is 5.10 Å². The number of hydrogen-bond acceptors (Lipinski definition) is 4. The summed E-state index contributed by atoms with van der Waals surface area (Å²) in [5.74, 6) is -0.485. The van der Waals surface area contributed by atoms with Crippen LogP contribution >= 0.6 is 27.5 Å². The highest BCUT2D eigenvalue weighted by Crippen LogP contribution is 2.29. The van der Waals surface area contributed by atoms with Crippen molar-refractivity contribution in [3.63, 3.8) is 0 Å². The van der Waals surface area contributed by atoms with Gasteiger partial charge in [0.1, 0.15) is 23.0 Å². The maximum absolute atomic E-state index is 12.8. The largest absolute Gasteiger partial charge is 0.465 e. The summed E-state index contributed by atoms with van der Waals surface area (Å²) in [6, 6.07) is 8.99. The van der Waals surface area contributed by atoms with Crippen LogP contribution in [0.1, 0.15) is 6.92 Å². The lowest BCUT2D eigenvalue weighted by molar-refractivity contribution is -0.143. The number of carbonyl (C=O) groups excluding carboxylic acids is 1. The highest BCUT2D eigenvalue weighted by molar-refractivity contribution is 9.10. The van der Waals surface area contributed by atoms with Gasteiger partial charge in [0.2, 0.25) is 0 Å². The summed E-state index contributed by atoms with van der Waals surface area (Å²) < 4.78 is 8.24. The van der Waals surface area contributed by atoms with Crippen LogP contribution < -0.4 is 5.56 Å². The molecular formula is C16H13BrClN3O3. The van der Waals surface area contributed by atoms with Crippen molar-refractivity contribution >= 4 is 39.0 Å². The zero-order chi connectivity index (χ0) is 17.3. The molecule has 0 aliphatic heterocycles. The first-order chi connectivity index (χ1) is 11.5. The van der Waals surface area contributed by atoms with Crippen molar-refractivity contribution in [3.05, 3.63) is 56.6 Å². The van der Waals surface area contributed by atoms with Gasteiger partial charge in [-0.05, 0) is 46.6 Å². The number of fused-ring (bicyclic) bond motifs is 1. The Kier molecular flexibility index (Phi) is 4.73. The van der Waals surface area contributed by atoms with Crippen molar-refractivity contribution < 1.29 is 9.53 Å². The van der Waals surface area contributed by atoms with Gasteiger partial charge in [0, 0.05) is 10.6 Å². The molecule has 0 amide bonds. The molecule has 0 atom stereocenters. The van der Waals surface area contributed by atoms with Gasteiger partial charge in [0.15, 0.2) is 0 Å². The fraction of sp³-hybridized carbons (Fsp3) is 0.188. The number of benzene rings is 1. The van der Waals surface area contributed by atoms with E-state index in [2.05, 4.69) is 21.0 Å². The number of rotatable bonds is 4. The van der Waals surface area contributed by atoms with Gasteiger partial charge < -0.3 is 4.74 Å². The third-order valence-corrected chi connectivity index (χ3v) is 4.24. The van der Waals surface area contributed by atoms with Crippen LogP contribution in [-0.4, -0.2) is 26.8 Å².